The average Bonchev–Trinajstić information content (AvgIpc) is 1.58. The highest BCUT2D eigenvalue weighted by Gasteiger charge is 2.71. The monoisotopic (exact) mass is 1250 g/mol. The summed E-state index contributed by atoms with van der Waals surface area (Å²) in [5.41, 5.74) is -0.950. The second kappa shape index (κ2) is 50.6. The van der Waals surface area contributed by atoms with Crippen molar-refractivity contribution < 1.29 is 60.1 Å². The lowest BCUT2D eigenvalue weighted by Crippen LogP contribution is -2.77. The van der Waals surface area contributed by atoms with Crippen LogP contribution in [0.4, 0.5) is 9.59 Å². The van der Waals surface area contributed by atoms with Gasteiger partial charge in [-0.3, -0.25) is 19.3 Å². The zero-order chi connectivity index (χ0) is 69.1. The van der Waals surface area contributed by atoms with Crippen LogP contribution in [-0.4, -0.2) is 122 Å². The second-order valence-corrected chi connectivity index (χ2v) is 21.6. The predicted molar refractivity (Wildman–Crippen MR) is 360 cm³/mol. The van der Waals surface area contributed by atoms with E-state index in [1.165, 1.54) is 40.2 Å². The minimum atomic E-state index is -0.842. The summed E-state index contributed by atoms with van der Waals surface area (Å²) in [5.74, 6) is 52.9. The van der Waals surface area contributed by atoms with Crippen LogP contribution in [0.2, 0.25) is 0 Å². The van der Waals surface area contributed by atoms with Crippen LogP contribution in [0.1, 0.15) is 128 Å². The predicted octanol–water partition coefficient (Wildman–Crippen LogP) is 7.93. The van der Waals surface area contributed by atoms with Crippen LogP contribution in [0.3, 0.4) is 0 Å². The fraction of sp³-hybridized carbons (Fsp3) is 0.423. The van der Waals surface area contributed by atoms with Gasteiger partial charge in [0.05, 0.1) is 0 Å². The summed E-state index contributed by atoms with van der Waals surface area (Å²) in [4.78, 5) is 87.1. The molecule has 4 heterocycles. The SMILES string of the molecule is C.C#C.C#CC.C#CC#CC.C#CC#CC#C.C#CC#CC#CC.C#CCOC(=O)C1=C(COC(C)=O)CS[C@@H]2[C@H](NC(=O)OC(C)(C)C)C(=O)N12.C#CCOC(=O)[C@@H]1N2C(=O)[C@@H](NC(=O)OC(C)(C)C)[C@@]2(C)SC1(C)C.CC#CC.CC#CC#CC#CC.[HH].[HH]. The fourth-order valence-electron chi connectivity index (χ4n) is 6.30. The lowest BCUT2D eigenvalue weighted by Gasteiger charge is -2.51. The Kier molecular flexibility index (Phi) is 50.9. The zero-order valence-corrected chi connectivity index (χ0v) is 54.6. The first kappa shape index (κ1) is 89.5. The van der Waals surface area contributed by atoms with E-state index in [1.807, 2.05) is 34.6 Å². The molecule has 2 N–H and O–H groups in total. The summed E-state index contributed by atoms with van der Waals surface area (Å²) < 4.78 is 24.8. The Balaban J connectivity index is -0.000000164. The first-order valence-electron chi connectivity index (χ1n) is 25.4. The molecule has 0 spiro atoms. The summed E-state index contributed by atoms with van der Waals surface area (Å²) >= 11 is 2.77. The van der Waals surface area contributed by atoms with Crippen LogP contribution in [0.5, 0.6) is 0 Å². The van der Waals surface area contributed by atoms with E-state index < -0.39 is 80.3 Å². The Bertz CT molecular complexity index is 3320. The van der Waals surface area contributed by atoms with Gasteiger partial charge < -0.3 is 39.2 Å². The third-order valence-corrected chi connectivity index (χ3v) is 12.1. The van der Waals surface area contributed by atoms with E-state index in [9.17, 15) is 33.6 Å². The van der Waals surface area contributed by atoms with Crippen molar-refractivity contribution in [3.8, 4) is 194 Å². The van der Waals surface area contributed by atoms with Gasteiger partial charge in [-0.15, -0.1) is 99.1 Å². The molecule has 0 aliphatic carbocycles. The number of hydrogen-bond acceptors (Lipinski definition) is 14. The van der Waals surface area contributed by atoms with Crippen molar-refractivity contribution >= 4 is 65.4 Å². The molecule has 18 heteroatoms. The number of nitrogens with zero attached hydrogens (tertiary/aromatic N) is 2. The Hall–Kier alpha value is -10.7. The normalized spacial score (nSPS) is 16.3. The topological polar surface area (TPSA) is 196 Å². The number of carbonyl (C=O) groups is 7. The molecule has 0 aromatic heterocycles. The van der Waals surface area contributed by atoms with Crippen molar-refractivity contribution in [2.75, 3.05) is 25.6 Å². The Morgan fingerprint density at radius 3 is 1.38 bits per heavy atom. The molecule has 89 heavy (non-hydrogen) atoms. The number of terminal acetylenes is 8. The molecule has 470 valence electrons. The van der Waals surface area contributed by atoms with Gasteiger partial charge in [0.25, 0.3) is 11.8 Å². The van der Waals surface area contributed by atoms with E-state index in [1.54, 1.807) is 76.2 Å². The molecule has 16 nitrogen and oxygen atoms in total. The molecule has 5 atom stereocenters. The van der Waals surface area contributed by atoms with Crippen molar-refractivity contribution in [1.29, 1.82) is 0 Å². The molecule has 0 bridgehead atoms. The van der Waals surface area contributed by atoms with E-state index >= 15 is 0 Å². The smallest absolute Gasteiger partial charge is 0.408 e. The summed E-state index contributed by atoms with van der Waals surface area (Å²) in [6.07, 6.45) is 40.3. The van der Waals surface area contributed by atoms with Crippen LogP contribution in [-0.2, 0) is 47.7 Å². The molecule has 0 aromatic rings. The molecule has 0 aromatic carbocycles. The van der Waals surface area contributed by atoms with Gasteiger partial charge in [0.1, 0.15) is 51.9 Å². The number of fused-ring (bicyclic) bond motifs is 2. The summed E-state index contributed by atoms with van der Waals surface area (Å²) in [5, 5.41) is 4.64. The number of thioether (sulfide) groups is 2. The van der Waals surface area contributed by atoms with E-state index in [2.05, 4.69) is 166 Å². The number of ether oxygens (including phenoxy) is 5. The summed E-state index contributed by atoms with van der Waals surface area (Å²) in [6.45, 7) is 28.8. The van der Waals surface area contributed by atoms with Gasteiger partial charge >= 0.3 is 30.1 Å². The number of carbonyl (C=O) groups excluding carboxylic acids is 7. The molecule has 3 saturated heterocycles. The third-order valence-electron chi connectivity index (χ3n) is 9.13. The average molecular weight is 1250 g/mol. The number of esters is 3. The highest BCUT2D eigenvalue weighted by molar-refractivity contribution is 8.02. The van der Waals surface area contributed by atoms with Crippen LogP contribution < -0.4 is 10.6 Å². The molecule has 0 saturated carbocycles. The maximum Gasteiger partial charge on any atom is 0.408 e. The molecular weight excluding hydrogens is 1160 g/mol. The lowest BCUT2D eigenvalue weighted by atomic mass is 9.89. The quantitative estimate of drug-likeness (QED) is 0.103. The molecule has 3 fully saturated rings. The molecule has 4 amide bonds. The van der Waals surface area contributed by atoms with Crippen LogP contribution in [0.15, 0.2) is 11.3 Å². The maximum absolute atomic E-state index is 12.6. The zero-order valence-electron chi connectivity index (χ0n) is 52.9. The molecule has 4 aliphatic heterocycles. The van der Waals surface area contributed by atoms with Crippen molar-refractivity contribution in [2.45, 2.75) is 169 Å². The van der Waals surface area contributed by atoms with Crippen molar-refractivity contribution in [2.24, 2.45) is 0 Å². The van der Waals surface area contributed by atoms with Gasteiger partial charge in [-0.1, -0.05) is 42.9 Å². The minimum Gasteiger partial charge on any atom is -0.461 e. The van der Waals surface area contributed by atoms with Gasteiger partial charge in [-0.05, 0) is 194 Å². The second-order valence-electron chi connectivity index (χ2n) is 18.4. The Labute approximate surface area is 543 Å². The van der Waals surface area contributed by atoms with E-state index in [4.69, 9.17) is 62.2 Å². The number of amides is 4. The van der Waals surface area contributed by atoms with E-state index in [-0.39, 0.29) is 41.7 Å². The maximum atomic E-state index is 12.6. The standard InChI is InChI=1S/C18H22N2O7S.C17H24N2O5S.C8H6.C7H4.C6H2.C5H4.C4H6.C3H4.C2H2.CH4.2H2/c1-6-7-25-16(23)13-11(8-26-10(2)21)9-28-15-12(14(22)20(13)15)19-17(24)27-18(3,4)5;1-8-9-23-13(21)11-16(5,6)25-17(7)10(12(20)19(11)17)18-14(22)24-15(2,3)4;1-3-5-7-8-6-4-2;1-3-5-7-6-4-2;1-3-5-6-4-2;1-3-5-4-2;1-3-4-2;1-3-2;1-2;;;/h1,12,15H,7-9H2,2-5H3,(H,19,24);1,10-11H,9H2,2-7H3,(H,18,22);1-2H3;1H,2H3;1-2H;1H,2H3;1-2H3;1H,2H3;1-2H;1H4;2*1H/t12-,15-;10-,11+,17-;;;;;;;;;;/m11........../s1. The third kappa shape index (κ3) is 37.4. The van der Waals surface area contributed by atoms with E-state index in [0.29, 0.717) is 11.3 Å². The van der Waals surface area contributed by atoms with E-state index in [0.717, 1.165) is 0 Å². The van der Waals surface area contributed by atoms with Gasteiger partial charge in [0, 0.05) is 25.8 Å². The van der Waals surface area contributed by atoms with Crippen LogP contribution in [0.25, 0.3) is 0 Å². The lowest BCUT2D eigenvalue weighted by molar-refractivity contribution is -0.168. The van der Waals surface area contributed by atoms with Gasteiger partial charge in [-0.2, -0.15) is 0 Å². The first-order chi connectivity index (χ1) is 41.4. The largest absolute Gasteiger partial charge is 0.461 e. The van der Waals surface area contributed by atoms with Gasteiger partial charge in [0.2, 0.25) is 0 Å². The van der Waals surface area contributed by atoms with Gasteiger partial charge in [0.15, 0.2) is 13.2 Å². The number of rotatable bonds is 8. The number of nitrogens with one attached hydrogen (secondary N) is 2. The summed E-state index contributed by atoms with van der Waals surface area (Å²) in [6, 6.07) is -2.37. The van der Waals surface area contributed by atoms with Crippen LogP contribution in [0, 0.1) is 194 Å². The molecule has 4 rings (SSSR count). The summed E-state index contributed by atoms with van der Waals surface area (Å²) in [7, 11) is 0. The molecule has 4 aliphatic rings. The minimum absolute atomic E-state index is 0. The molecule has 0 radical (unpaired) electrons. The molecule has 0 unspecified atom stereocenters. The number of β-lactam (4-membered cyclic amide) rings is 2. The first-order valence-corrected chi connectivity index (χ1v) is 27.3. The van der Waals surface area contributed by atoms with Crippen molar-refractivity contribution in [3.63, 3.8) is 0 Å². The highest BCUT2D eigenvalue weighted by Crippen LogP contribution is 2.58. The number of alkyl carbamates (subject to hydrolysis) is 2. The van der Waals surface area contributed by atoms with Gasteiger partial charge in [-0.25, -0.2) is 19.2 Å². The van der Waals surface area contributed by atoms with Crippen molar-refractivity contribution in [1.82, 2.24) is 20.4 Å². The number of hydrogen-bond donors (Lipinski definition) is 2. The van der Waals surface area contributed by atoms with Crippen LogP contribution >= 0.6 is 23.5 Å². The highest BCUT2D eigenvalue weighted by atomic mass is 32.2. The van der Waals surface area contributed by atoms with Crippen molar-refractivity contribution in [3.05, 3.63) is 11.3 Å². The Morgan fingerprint density at radius 2 is 1.01 bits per heavy atom. The molecular formula is C71H82N4O12S2. The fourth-order valence-corrected chi connectivity index (χ4v) is 9.57. The Morgan fingerprint density at radius 1 is 0.607 bits per heavy atom.